The van der Waals surface area contributed by atoms with Crippen LogP contribution in [0, 0.1) is 20.2 Å². The normalized spacial score (nSPS) is 11.1. The first kappa shape index (κ1) is 23.9. The molecule has 2 aromatic rings. The minimum Gasteiger partial charge on any atom is -0.400 e. The molecule has 2 N–H and O–H groups in total. The lowest BCUT2D eigenvalue weighted by Crippen LogP contribution is -2.17. The Balaban J connectivity index is 1.51. The first-order valence-corrected chi connectivity index (χ1v) is 9.47. The molecule has 170 valence electrons. The van der Waals surface area contributed by atoms with E-state index >= 15 is 0 Å². The number of nitrogens with zero attached hydrogens (tertiary/aromatic N) is 4. The van der Waals surface area contributed by atoms with Crippen molar-refractivity contribution in [3.8, 4) is 0 Å². The Morgan fingerprint density at radius 3 is 1.53 bits per heavy atom. The van der Waals surface area contributed by atoms with Crippen LogP contribution >= 0.6 is 0 Å². The number of rotatable bonds is 13. The molecule has 0 aliphatic heterocycles. The van der Waals surface area contributed by atoms with E-state index in [1.165, 1.54) is 36.7 Å². The van der Waals surface area contributed by atoms with Gasteiger partial charge in [-0.2, -0.15) is 10.2 Å². The third kappa shape index (κ3) is 8.56. The second kappa shape index (κ2) is 12.4. The Kier molecular flexibility index (Phi) is 9.24. The molecule has 2 aromatic heterocycles. The number of furan rings is 2. The first-order chi connectivity index (χ1) is 15.3. The van der Waals surface area contributed by atoms with E-state index in [0.29, 0.717) is 12.8 Å². The zero-order chi connectivity index (χ0) is 23.3. The van der Waals surface area contributed by atoms with Crippen molar-refractivity contribution in [2.75, 3.05) is 0 Å². The van der Waals surface area contributed by atoms with E-state index in [-0.39, 0.29) is 36.2 Å². The van der Waals surface area contributed by atoms with Crippen LogP contribution in [-0.4, -0.2) is 34.1 Å². The molecule has 2 heterocycles. The number of carbonyl (C=O) groups excluding carboxylic acids is 2. The van der Waals surface area contributed by atoms with Crippen LogP contribution in [0.4, 0.5) is 11.8 Å². The lowest BCUT2D eigenvalue weighted by molar-refractivity contribution is -0.402. The van der Waals surface area contributed by atoms with Crippen LogP contribution in [-0.2, 0) is 9.59 Å². The smallest absolute Gasteiger partial charge is 0.400 e. The Bertz CT molecular complexity index is 929. The molecule has 0 aromatic carbocycles. The molecule has 0 aliphatic carbocycles. The Labute approximate surface area is 180 Å². The summed E-state index contributed by atoms with van der Waals surface area (Å²) in [6.45, 7) is 0. The number of hydrogen-bond acceptors (Lipinski definition) is 10. The van der Waals surface area contributed by atoms with E-state index in [0.717, 1.165) is 12.8 Å². The molecule has 14 heteroatoms. The quantitative estimate of drug-likeness (QED) is 0.202. The number of unbranched alkanes of at least 4 members (excludes halogenated alkanes) is 3. The second-order valence-electron chi connectivity index (χ2n) is 6.37. The minimum absolute atomic E-state index is 0.144. The molecule has 14 nitrogen and oxygen atoms in total. The van der Waals surface area contributed by atoms with E-state index in [9.17, 15) is 29.8 Å². The number of nitrogens with one attached hydrogen (secondary N) is 2. The summed E-state index contributed by atoms with van der Waals surface area (Å²) in [5.74, 6) is -1.17. The van der Waals surface area contributed by atoms with Crippen LogP contribution in [0.5, 0.6) is 0 Å². The molecule has 0 radical (unpaired) electrons. The van der Waals surface area contributed by atoms with Gasteiger partial charge < -0.3 is 8.83 Å². The van der Waals surface area contributed by atoms with E-state index < -0.39 is 21.6 Å². The monoisotopic (exact) mass is 448 g/mol. The summed E-state index contributed by atoms with van der Waals surface area (Å²) in [4.78, 5) is 43.0. The summed E-state index contributed by atoms with van der Waals surface area (Å²) in [5.41, 5.74) is 4.60. The first-order valence-electron chi connectivity index (χ1n) is 9.47. The summed E-state index contributed by atoms with van der Waals surface area (Å²) in [7, 11) is 0. The van der Waals surface area contributed by atoms with Gasteiger partial charge >= 0.3 is 11.8 Å². The van der Waals surface area contributed by atoms with E-state index in [1.807, 2.05) is 0 Å². The van der Waals surface area contributed by atoms with E-state index in [2.05, 4.69) is 21.1 Å². The maximum absolute atomic E-state index is 11.7. The van der Waals surface area contributed by atoms with Crippen molar-refractivity contribution in [2.24, 2.45) is 10.2 Å². The van der Waals surface area contributed by atoms with Gasteiger partial charge in [0.25, 0.3) is 0 Å². The molecule has 32 heavy (non-hydrogen) atoms. The molecule has 2 rings (SSSR count). The van der Waals surface area contributed by atoms with E-state index in [1.54, 1.807) is 0 Å². The van der Waals surface area contributed by atoms with Gasteiger partial charge in [0.2, 0.25) is 11.8 Å². The van der Waals surface area contributed by atoms with Gasteiger partial charge in [-0.3, -0.25) is 29.8 Å². The van der Waals surface area contributed by atoms with Crippen LogP contribution in [0.3, 0.4) is 0 Å². The number of amides is 2. The largest absolute Gasteiger partial charge is 0.433 e. The van der Waals surface area contributed by atoms with Gasteiger partial charge in [0, 0.05) is 12.8 Å². The van der Waals surface area contributed by atoms with Crippen molar-refractivity contribution in [2.45, 2.75) is 38.5 Å². The molecule has 0 bridgehead atoms. The molecular formula is C18H20N6O8. The van der Waals surface area contributed by atoms with Crippen molar-refractivity contribution < 1.29 is 28.3 Å². The predicted molar refractivity (Wildman–Crippen MR) is 110 cm³/mol. The molecule has 0 unspecified atom stereocenters. The fourth-order valence-corrected chi connectivity index (χ4v) is 2.39. The highest BCUT2D eigenvalue weighted by molar-refractivity contribution is 5.81. The molecule has 2 amide bonds. The fraction of sp³-hybridized carbons (Fsp3) is 0.333. The van der Waals surface area contributed by atoms with Gasteiger partial charge in [0.15, 0.2) is 11.5 Å². The second-order valence-corrected chi connectivity index (χ2v) is 6.37. The topological polar surface area (TPSA) is 195 Å². The standard InChI is InChI=1S/C18H20N6O8/c25-15(21-19-11-13-7-9-17(31-13)23(27)28)5-3-1-2-4-6-16(26)22-20-12-14-8-10-18(32-14)24(29)30/h7-12H,1-6H2,(H,21,25)(H,22,26)/b19-11+,20-12+. The Morgan fingerprint density at radius 1 is 0.781 bits per heavy atom. The summed E-state index contributed by atoms with van der Waals surface area (Å²) < 4.78 is 9.72. The number of hydrogen-bond donors (Lipinski definition) is 2. The number of hydrazone groups is 2. The number of carbonyl (C=O) groups is 2. The lowest BCUT2D eigenvalue weighted by atomic mass is 10.1. The lowest BCUT2D eigenvalue weighted by Gasteiger charge is -2.01. The van der Waals surface area contributed by atoms with Gasteiger partial charge in [-0.1, -0.05) is 12.8 Å². The van der Waals surface area contributed by atoms with Crippen molar-refractivity contribution >= 4 is 36.0 Å². The van der Waals surface area contributed by atoms with Gasteiger partial charge in [0.05, 0.1) is 24.6 Å². The summed E-state index contributed by atoms with van der Waals surface area (Å²) in [6.07, 6.45) is 5.47. The molecule has 0 aliphatic rings. The Hall–Kier alpha value is -4.36. The average Bonchev–Trinajstić information content (AvgIpc) is 3.40. The SMILES string of the molecule is O=C(CCCCCCC(=O)N/N=C/c1ccc([N+](=O)[O-])o1)N/N=C/c1ccc([N+](=O)[O-])o1. The summed E-state index contributed by atoms with van der Waals surface area (Å²) in [6, 6.07) is 5.09. The predicted octanol–water partition coefficient (Wildman–Crippen LogP) is 2.63. The van der Waals surface area contributed by atoms with Gasteiger partial charge in [-0.05, 0) is 25.0 Å². The highest BCUT2D eigenvalue weighted by Gasteiger charge is 2.11. The van der Waals surface area contributed by atoms with Gasteiger partial charge in [-0.15, -0.1) is 0 Å². The molecule has 0 saturated heterocycles. The zero-order valence-electron chi connectivity index (χ0n) is 16.8. The fourth-order valence-electron chi connectivity index (χ4n) is 2.39. The maximum Gasteiger partial charge on any atom is 0.433 e. The highest BCUT2D eigenvalue weighted by Crippen LogP contribution is 2.14. The van der Waals surface area contributed by atoms with Crippen LogP contribution in [0.25, 0.3) is 0 Å². The van der Waals surface area contributed by atoms with Crippen LogP contribution < -0.4 is 10.9 Å². The van der Waals surface area contributed by atoms with Crippen molar-refractivity contribution in [1.29, 1.82) is 0 Å². The van der Waals surface area contributed by atoms with Crippen LogP contribution in [0.1, 0.15) is 50.0 Å². The third-order valence-electron chi connectivity index (χ3n) is 3.90. The molecular weight excluding hydrogens is 428 g/mol. The third-order valence-corrected chi connectivity index (χ3v) is 3.90. The van der Waals surface area contributed by atoms with Gasteiger partial charge in [-0.25, -0.2) is 10.9 Å². The van der Waals surface area contributed by atoms with Crippen molar-refractivity contribution in [1.82, 2.24) is 10.9 Å². The minimum atomic E-state index is -0.677. The van der Waals surface area contributed by atoms with Crippen LogP contribution in [0.2, 0.25) is 0 Å². The Morgan fingerprint density at radius 2 is 1.19 bits per heavy atom. The molecule has 0 saturated carbocycles. The number of nitro groups is 2. The average molecular weight is 448 g/mol. The zero-order valence-corrected chi connectivity index (χ0v) is 16.8. The van der Waals surface area contributed by atoms with E-state index in [4.69, 9.17) is 8.83 Å². The molecule has 0 atom stereocenters. The van der Waals surface area contributed by atoms with Crippen LogP contribution in [0.15, 0.2) is 43.3 Å². The molecule has 0 fully saturated rings. The van der Waals surface area contributed by atoms with Crippen molar-refractivity contribution in [3.63, 3.8) is 0 Å². The highest BCUT2D eigenvalue weighted by atomic mass is 16.7. The summed E-state index contributed by atoms with van der Waals surface area (Å²) in [5, 5.41) is 28.3. The molecule has 0 spiro atoms. The maximum atomic E-state index is 11.7. The van der Waals surface area contributed by atoms with Gasteiger partial charge in [0.1, 0.15) is 9.85 Å². The summed E-state index contributed by atoms with van der Waals surface area (Å²) >= 11 is 0. The van der Waals surface area contributed by atoms with Crippen molar-refractivity contribution in [3.05, 3.63) is 56.0 Å².